The van der Waals surface area contributed by atoms with Gasteiger partial charge in [0, 0.05) is 28.5 Å². The number of hydrogen-bond acceptors (Lipinski definition) is 9. The van der Waals surface area contributed by atoms with Gasteiger partial charge in [0.1, 0.15) is 6.04 Å². The first-order valence-electron chi connectivity index (χ1n) is 9.36. The van der Waals surface area contributed by atoms with Crippen molar-refractivity contribution in [1.29, 1.82) is 0 Å². The normalized spacial score (nSPS) is 11.9. The van der Waals surface area contributed by atoms with Crippen LogP contribution in [0.15, 0.2) is 60.3 Å². The second-order valence-corrected chi connectivity index (χ2v) is 6.94. The average molecular weight is 417 g/mol. The number of nitrogen functional groups attached to an aromatic ring is 1. The molecular weight excluding hydrogens is 398 g/mol. The Bertz CT molecular complexity index is 1270. The third-order valence-corrected chi connectivity index (χ3v) is 4.82. The maximum atomic E-state index is 11.5. The summed E-state index contributed by atoms with van der Waals surface area (Å²) in [5.41, 5.74) is 8.91. The van der Waals surface area contributed by atoms with Gasteiger partial charge in [-0.2, -0.15) is 5.10 Å². The van der Waals surface area contributed by atoms with E-state index >= 15 is 0 Å². The molecule has 3 aromatic heterocycles. The summed E-state index contributed by atoms with van der Waals surface area (Å²) in [4.78, 5) is 35.0. The summed E-state index contributed by atoms with van der Waals surface area (Å²) in [5, 5.41) is 8.95. The number of carbonyl (C=O) groups is 1. The van der Waals surface area contributed by atoms with Gasteiger partial charge in [-0.05, 0) is 30.7 Å². The molecule has 31 heavy (non-hydrogen) atoms. The Morgan fingerprint density at radius 1 is 1.26 bits per heavy atom. The quantitative estimate of drug-likeness (QED) is 0.272. The SMILES string of the molecule is CC(C(=O)N=O)n1cc(-c2cnc(N)c(N(N)Cc3ccc4ncccc4c3)n2)cn1. The number of benzene rings is 1. The summed E-state index contributed by atoms with van der Waals surface area (Å²) in [6.45, 7) is 1.88. The smallest absolute Gasteiger partial charge is 0.310 e. The average Bonchev–Trinajstić information content (AvgIpc) is 3.28. The predicted molar refractivity (Wildman–Crippen MR) is 115 cm³/mol. The number of nitrogens with two attached hydrogens (primary N) is 2. The number of carbonyl (C=O) groups excluding carboxylic acids is 1. The zero-order chi connectivity index (χ0) is 22.0. The molecule has 1 unspecified atom stereocenters. The van der Waals surface area contributed by atoms with Crippen LogP contribution in [0.4, 0.5) is 11.6 Å². The fourth-order valence-electron chi connectivity index (χ4n) is 3.11. The molecule has 0 bridgehead atoms. The Kier molecular flexibility index (Phi) is 5.33. The van der Waals surface area contributed by atoms with Crippen molar-refractivity contribution >= 4 is 28.4 Å². The van der Waals surface area contributed by atoms with E-state index in [0.717, 1.165) is 16.5 Å². The van der Waals surface area contributed by atoms with Gasteiger partial charge < -0.3 is 5.73 Å². The van der Waals surface area contributed by atoms with Gasteiger partial charge in [0.2, 0.25) is 0 Å². The van der Waals surface area contributed by atoms with Gasteiger partial charge in [-0.15, -0.1) is 4.91 Å². The van der Waals surface area contributed by atoms with E-state index in [9.17, 15) is 9.70 Å². The topological polar surface area (TPSA) is 158 Å². The van der Waals surface area contributed by atoms with Crippen LogP contribution in [0.25, 0.3) is 22.2 Å². The summed E-state index contributed by atoms with van der Waals surface area (Å²) in [6, 6.07) is 8.89. The molecule has 0 aliphatic heterocycles. The lowest BCUT2D eigenvalue weighted by atomic mass is 10.1. The highest BCUT2D eigenvalue weighted by molar-refractivity contribution is 5.80. The number of rotatable bonds is 6. The highest BCUT2D eigenvalue weighted by Gasteiger charge is 2.18. The summed E-state index contributed by atoms with van der Waals surface area (Å²) < 4.78 is 1.33. The molecule has 0 fully saturated rings. The minimum absolute atomic E-state index is 0.176. The Labute approximate surface area is 176 Å². The second-order valence-electron chi connectivity index (χ2n) is 6.94. The zero-order valence-electron chi connectivity index (χ0n) is 16.6. The largest absolute Gasteiger partial charge is 0.381 e. The van der Waals surface area contributed by atoms with Crippen molar-refractivity contribution in [3.8, 4) is 11.3 Å². The maximum absolute atomic E-state index is 11.5. The number of aromatic nitrogens is 5. The third-order valence-electron chi connectivity index (χ3n) is 4.82. The van der Waals surface area contributed by atoms with Gasteiger partial charge in [-0.1, -0.05) is 12.1 Å². The molecule has 3 heterocycles. The summed E-state index contributed by atoms with van der Waals surface area (Å²) in [5.74, 6) is 5.91. The molecular formula is C20H19N9O2. The van der Waals surface area contributed by atoms with Crippen molar-refractivity contribution in [3.05, 3.63) is 65.6 Å². The van der Waals surface area contributed by atoms with Gasteiger partial charge >= 0.3 is 5.91 Å². The van der Waals surface area contributed by atoms with E-state index in [1.165, 1.54) is 29.0 Å². The fraction of sp³-hybridized carbons (Fsp3) is 0.150. The molecule has 0 aliphatic rings. The van der Waals surface area contributed by atoms with Crippen molar-refractivity contribution in [3.63, 3.8) is 0 Å². The van der Waals surface area contributed by atoms with E-state index in [2.05, 4.69) is 25.2 Å². The molecule has 1 aromatic carbocycles. The number of nitroso groups, excluding NO2 is 1. The number of hydrogen-bond donors (Lipinski definition) is 2. The minimum atomic E-state index is -0.822. The van der Waals surface area contributed by atoms with Crippen LogP contribution in [-0.2, 0) is 11.3 Å². The highest BCUT2D eigenvalue weighted by Crippen LogP contribution is 2.25. The minimum Gasteiger partial charge on any atom is -0.381 e. The Morgan fingerprint density at radius 2 is 2.10 bits per heavy atom. The molecule has 4 N–H and O–H groups in total. The zero-order valence-corrected chi connectivity index (χ0v) is 16.6. The lowest BCUT2D eigenvalue weighted by molar-refractivity contribution is -0.120. The lowest BCUT2D eigenvalue weighted by Crippen LogP contribution is -2.32. The van der Waals surface area contributed by atoms with Crippen molar-refractivity contribution in [1.82, 2.24) is 24.7 Å². The molecule has 0 saturated heterocycles. The van der Waals surface area contributed by atoms with Crippen LogP contribution >= 0.6 is 0 Å². The van der Waals surface area contributed by atoms with Gasteiger partial charge in [-0.3, -0.25) is 19.5 Å². The molecule has 0 spiro atoms. The molecule has 1 atom stereocenters. The van der Waals surface area contributed by atoms with Crippen LogP contribution in [0.3, 0.4) is 0 Å². The van der Waals surface area contributed by atoms with Crippen LogP contribution in [0, 0.1) is 4.91 Å². The number of nitrogens with zero attached hydrogens (tertiary/aromatic N) is 7. The molecule has 0 aliphatic carbocycles. The van der Waals surface area contributed by atoms with Gasteiger partial charge in [0.15, 0.2) is 11.6 Å². The monoisotopic (exact) mass is 417 g/mol. The van der Waals surface area contributed by atoms with E-state index < -0.39 is 11.9 Å². The van der Waals surface area contributed by atoms with Crippen LogP contribution < -0.4 is 16.6 Å². The predicted octanol–water partition coefficient (Wildman–Crippen LogP) is 2.20. The van der Waals surface area contributed by atoms with Crippen LogP contribution in [0.1, 0.15) is 18.5 Å². The van der Waals surface area contributed by atoms with Crippen LogP contribution in [-0.4, -0.2) is 30.6 Å². The van der Waals surface area contributed by atoms with Crippen LogP contribution in [0.2, 0.25) is 0 Å². The number of fused-ring (bicyclic) bond motifs is 1. The van der Waals surface area contributed by atoms with E-state index in [0.29, 0.717) is 23.6 Å². The first kappa shape index (κ1) is 20.0. The summed E-state index contributed by atoms with van der Waals surface area (Å²) in [7, 11) is 0. The molecule has 0 radical (unpaired) electrons. The van der Waals surface area contributed by atoms with Gasteiger partial charge in [0.25, 0.3) is 0 Å². The van der Waals surface area contributed by atoms with Crippen molar-refractivity contribution in [2.45, 2.75) is 19.5 Å². The second kappa shape index (κ2) is 8.24. The first-order valence-corrected chi connectivity index (χ1v) is 9.36. The number of hydrazine groups is 1. The molecule has 0 saturated carbocycles. The van der Waals surface area contributed by atoms with E-state index in [-0.39, 0.29) is 5.82 Å². The number of pyridine rings is 1. The molecule has 11 nitrogen and oxygen atoms in total. The molecule has 4 rings (SSSR count). The summed E-state index contributed by atoms with van der Waals surface area (Å²) >= 11 is 0. The Hall–Kier alpha value is -4.25. The molecule has 11 heteroatoms. The maximum Gasteiger partial charge on any atom is 0.310 e. The van der Waals surface area contributed by atoms with Gasteiger partial charge in [-0.25, -0.2) is 15.8 Å². The van der Waals surface area contributed by atoms with Crippen LogP contribution in [0.5, 0.6) is 0 Å². The van der Waals surface area contributed by atoms with Crippen molar-refractivity contribution < 1.29 is 4.79 Å². The number of anilines is 2. The standard InChI is InChI=1S/C20H19N9O2/c1-12(20(30)27-31)29-11-15(8-25-29)17-9-24-18(21)19(26-17)28(22)10-13-4-5-16-14(7-13)3-2-6-23-16/h2-9,11-12H,10,22H2,1H3,(H2,21,24). The Balaban J connectivity index is 1.59. The lowest BCUT2D eigenvalue weighted by Gasteiger charge is -2.19. The van der Waals surface area contributed by atoms with E-state index in [4.69, 9.17) is 11.6 Å². The third kappa shape index (κ3) is 4.07. The fourth-order valence-corrected chi connectivity index (χ4v) is 3.11. The van der Waals surface area contributed by atoms with E-state index in [1.807, 2.05) is 30.3 Å². The molecule has 156 valence electrons. The number of amides is 1. The summed E-state index contributed by atoms with van der Waals surface area (Å²) in [6.07, 6.45) is 6.32. The van der Waals surface area contributed by atoms with Crippen molar-refractivity contribution in [2.24, 2.45) is 11.0 Å². The highest BCUT2D eigenvalue weighted by atomic mass is 16.3. The van der Waals surface area contributed by atoms with Crippen molar-refractivity contribution in [2.75, 3.05) is 10.7 Å². The van der Waals surface area contributed by atoms with E-state index in [1.54, 1.807) is 12.4 Å². The molecule has 1 amide bonds. The first-order chi connectivity index (χ1) is 15.0. The van der Waals surface area contributed by atoms with Gasteiger partial charge in [0.05, 0.1) is 30.1 Å². The Morgan fingerprint density at radius 3 is 2.90 bits per heavy atom. The molecule has 4 aromatic rings.